The van der Waals surface area contributed by atoms with E-state index in [-0.39, 0.29) is 18.4 Å². The number of ether oxygens (including phenoxy) is 1. The molecule has 0 unspecified atom stereocenters. The Morgan fingerprint density at radius 3 is 2.45 bits per heavy atom. The number of amides is 1. The van der Waals surface area contributed by atoms with Crippen LogP contribution in [0.5, 0.6) is 5.75 Å². The molecule has 0 aromatic heterocycles. The minimum Gasteiger partial charge on any atom is -0.483 e. The maximum atomic E-state index is 12.0. The second-order valence-electron chi connectivity index (χ2n) is 5.52. The third-order valence-corrected chi connectivity index (χ3v) is 3.93. The molecule has 1 aliphatic rings. The summed E-state index contributed by atoms with van der Waals surface area (Å²) in [6.45, 7) is 5.61. The molecule has 0 saturated carbocycles. The summed E-state index contributed by atoms with van der Waals surface area (Å²) in [7, 11) is 0. The van der Waals surface area contributed by atoms with E-state index in [0.717, 1.165) is 48.5 Å². The van der Waals surface area contributed by atoms with E-state index in [1.54, 1.807) is 0 Å². The Hall–Kier alpha value is -1.75. The van der Waals surface area contributed by atoms with Crippen molar-refractivity contribution in [3.8, 4) is 5.75 Å². The van der Waals surface area contributed by atoms with Crippen LogP contribution in [0.1, 0.15) is 24.0 Å². The number of aryl methyl sites for hydroxylation is 2. The highest BCUT2D eigenvalue weighted by Crippen LogP contribution is 2.28. The summed E-state index contributed by atoms with van der Waals surface area (Å²) in [5.41, 5.74) is 8.24. The van der Waals surface area contributed by atoms with Gasteiger partial charge in [0.05, 0.1) is 11.6 Å². The summed E-state index contributed by atoms with van der Waals surface area (Å²) < 4.78 is 5.73. The molecule has 0 bridgehead atoms. The molecule has 1 amide bonds. The van der Waals surface area contributed by atoms with Crippen LogP contribution in [-0.2, 0) is 4.79 Å². The van der Waals surface area contributed by atoms with Crippen LogP contribution in [0.3, 0.4) is 0 Å². The van der Waals surface area contributed by atoms with E-state index >= 15 is 0 Å². The van der Waals surface area contributed by atoms with E-state index in [1.165, 1.54) is 0 Å². The first kappa shape index (κ1) is 16.6. The Bertz CT molecular complexity index is 558. The molecule has 2 N–H and O–H groups in total. The number of amidine groups is 1. The molecule has 1 aliphatic heterocycles. The lowest BCUT2D eigenvalue weighted by molar-refractivity contribution is -0.132. The Balaban J connectivity index is 2.06. The van der Waals surface area contributed by atoms with Crippen LogP contribution in [0, 0.1) is 13.8 Å². The quantitative estimate of drug-likeness (QED) is 0.514. The molecular formula is C16H22ClN3O2. The van der Waals surface area contributed by atoms with E-state index < -0.39 is 0 Å². The van der Waals surface area contributed by atoms with E-state index in [9.17, 15) is 4.79 Å². The maximum absolute atomic E-state index is 12.0. The lowest BCUT2D eigenvalue weighted by Crippen LogP contribution is -2.32. The third-order valence-electron chi connectivity index (χ3n) is 3.65. The number of nitrogens with zero attached hydrogens (tertiary/aromatic N) is 2. The van der Waals surface area contributed by atoms with Crippen LogP contribution in [0.15, 0.2) is 17.1 Å². The van der Waals surface area contributed by atoms with Crippen molar-refractivity contribution >= 4 is 29.0 Å². The molecule has 0 atom stereocenters. The van der Waals surface area contributed by atoms with Crippen molar-refractivity contribution in [3.05, 3.63) is 23.3 Å². The number of likely N-dealkylation sites (tertiary alicyclic amines) is 1. The average Bonchev–Trinajstić information content (AvgIpc) is 3.00. The van der Waals surface area contributed by atoms with Crippen molar-refractivity contribution in [3.63, 3.8) is 0 Å². The van der Waals surface area contributed by atoms with Gasteiger partial charge in [0.15, 0.2) is 6.61 Å². The molecular weight excluding hydrogens is 302 g/mol. The Kier molecular flexibility index (Phi) is 5.66. The molecule has 1 fully saturated rings. The van der Waals surface area contributed by atoms with Crippen LogP contribution in [0.2, 0.25) is 0 Å². The second kappa shape index (κ2) is 7.49. The summed E-state index contributed by atoms with van der Waals surface area (Å²) in [4.78, 5) is 18.1. The first-order chi connectivity index (χ1) is 10.5. The van der Waals surface area contributed by atoms with E-state index in [0.29, 0.717) is 5.84 Å². The minimum atomic E-state index is 0.0461. The van der Waals surface area contributed by atoms with Crippen LogP contribution in [0.25, 0.3) is 0 Å². The Labute approximate surface area is 136 Å². The van der Waals surface area contributed by atoms with Gasteiger partial charge in [0.25, 0.3) is 5.91 Å². The molecule has 6 heteroatoms. The van der Waals surface area contributed by atoms with Gasteiger partial charge in [-0.3, -0.25) is 4.79 Å². The lowest BCUT2D eigenvalue weighted by Gasteiger charge is -2.17. The normalized spacial score (nSPS) is 15.2. The lowest BCUT2D eigenvalue weighted by atomic mass is 10.1. The molecule has 1 aromatic carbocycles. The number of halogens is 1. The summed E-state index contributed by atoms with van der Waals surface area (Å²) in [6.07, 6.45) is 2.16. The molecule has 1 heterocycles. The number of rotatable bonds is 5. The van der Waals surface area contributed by atoms with Crippen LogP contribution in [0.4, 0.5) is 5.69 Å². The molecule has 0 aliphatic carbocycles. The zero-order valence-corrected chi connectivity index (χ0v) is 13.8. The number of carbonyl (C=O) groups excluding carboxylic acids is 1. The minimum absolute atomic E-state index is 0.0461. The van der Waals surface area contributed by atoms with Crippen LogP contribution >= 0.6 is 11.6 Å². The van der Waals surface area contributed by atoms with E-state index in [1.807, 2.05) is 30.9 Å². The molecule has 1 aromatic rings. The predicted octanol–water partition coefficient (Wildman–Crippen LogP) is 2.53. The topological polar surface area (TPSA) is 67.9 Å². The van der Waals surface area contributed by atoms with Gasteiger partial charge in [0.2, 0.25) is 0 Å². The van der Waals surface area contributed by atoms with Crippen LogP contribution < -0.4 is 10.5 Å². The fourth-order valence-electron chi connectivity index (χ4n) is 2.61. The monoisotopic (exact) mass is 323 g/mol. The van der Waals surface area contributed by atoms with Crippen molar-refractivity contribution in [2.24, 2.45) is 10.7 Å². The van der Waals surface area contributed by atoms with Gasteiger partial charge in [-0.2, -0.15) is 0 Å². The number of hydrogen-bond acceptors (Lipinski definition) is 3. The zero-order valence-electron chi connectivity index (χ0n) is 13.1. The van der Waals surface area contributed by atoms with Gasteiger partial charge < -0.3 is 15.4 Å². The van der Waals surface area contributed by atoms with Gasteiger partial charge in [-0.15, -0.1) is 11.6 Å². The van der Waals surface area contributed by atoms with Crippen molar-refractivity contribution in [1.29, 1.82) is 0 Å². The van der Waals surface area contributed by atoms with E-state index in [2.05, 4.69) is 4.99 Å². The van der Waals surface area contributed by atoms with Gasteiger partial charge in [-0.1, -0.05) is 0 Å². The number of alkyl halides is 1. The fourth-order valence-corrected chi connectivity index (χ4v) is 2.67. The highest BCUT2D eigenvalue weighted by molar-refractivity contribution is 6.28. The van der Waals surface area contributed by atoms with Crippen molar-refractivity contribution in [2.45, 2.75) is 26.7 Å². The molecule has 0 spiro atoms. The molecule has 2 rings (SSSR count). The maximum Gasteiger partial charge on any atom is 0.260 e. The average molecular weight is 324 g/mol. The number of hydrogen-bond donors (Lipinski definition) is 1. The Morgan fingerprint density at radius 2 is 1.91 bits per heavy atom. The Morgan fingerprint density at radius 1 is 1.32 bits per heavy atom. The summed E-state index contributed by atoms with van der Waals surface area (Å²) >= 11 is 5.64. The van der Waals surface area contributed by atoms with Gasteiger partial charge in [-0.05, 0) is 49.9 Å². The molecule has 22 heavy (non-hydrogen) atoms. The molecule has 1 saturated heterocycles. The van der Waals surface area contributed by atoms with Gasteiger partial charge in [0.1, 0.15) is 11.6 Å². The standard InChI is InChI=1S/C16H22ClN3O2/c1-11-7-13(19-14(18)9-17)8-12(2)16(11)22-10-15(21)20-5-3-4-6-20/h7-8H,3-6,9-10H2,1-2H3,(H2,18,19). The number of benzene rings is 1. The van der Waals surface area contributed by atoms with Crippen molar-refractivity contribution in [1.82, 2.24) is 4.90 Å². The predicted molar refractivity (Wildman–Crippen MR) is 89.2 cm³/mol. The molecule has 0 radical (unpaired) electrons. The summed E-state index contributed by atoms with van der Waals surface area (Å²) in [5, 5.41) is 0. The van der Waals surface area contributed by atoms with E-state index in [4.69, 9.17) is 22.1 Å². The van der Waals surface area contributed by atoms with Crippen molar-refractivity contribution in [2.75, 3.05) is 25.6 Å². The fraction of sp³-hybridized carbons (Fsp3) is 0.500. The largest absolute Gasteiger partial charge is 0.483 e. The first-order valence-electron chi connectivity index (χ1n) is 7.42. The van der Waals surface area contributed by atoms with Crippen LogP contribution in [-0.4, -0.2) is 42.2 Å². The van der Waals surface area contributed by atoms with Gasteiger partial charge in [0, 0.05) is 13.1 Å². The molecule has 120 valence electrons. The summed E-state index contributed by atoms with van der Waals surface area (Å²) in [6, 6.07) is 3.75. The molecule has 5 nitrogen and oxygen atoms in total. The smallest absolute Gasteiger partial charge is 0.260 e. The zero-order chi connectivity index (χ0) is 16.1. The number of aliphatic imine (C=N–C) groups is 1. The highest BCUT2D eigenvalue weighted by atomic mass is 35.5. The van der Waals surface area contributed by atoms with Gasteiger partial charge >= 0.3 is 0 Å². The van der Waals surface area contributed by atoms with Gasteiger partial charge in [-0.25, -0.2) is 4.99 Å². The summed E-state index contributed by atoms with van der Waals surface area (Å²) in [5.74, 6) is 1.35. The second-order valence-corrected chi connectivity index (χ2v) is 5.79. The first-order valence-corrected chi connectivity index (χ1v) is 7.95. The number of nitrogens with two attached hydrogens (primary N) is 1. The number of carbonyl (C=O) groups is 1. The SMILES string of the molecule is Cc1cc(N=C(N)CCl)cc(C)c1OCC(=O)N1CCCC1. The highest BCUT2D eigenvalue weighted by Gasteiger charge is 2.18. The van der Waals surface area contributed by atoms with Crippen molar-refractivity contribution < 1.29 is 9.53 Å². The third kappa shape index (κ3) is 4.13.